The van der Waals surface area contributed by atoms with E-state index in [9.17, 15) is 4.79 Å². The molecule has 26 heavy (non-hydrogen) atoms. The van der Waals surface area contributed by atoms with Crippen molar-refractivity contribution in [2.45, 2.75) is 19.8 Å². The quantitative estimate of drug-likeness (QED) is 0.442. The fourth-order valence-electron chi connectivity index (χ4n) is 2.38. The highest BCUT2D eigenvalue weighted by Crippen LogP contribution is 2.31. The van der Waals surface area contributed by atoms with E-state index in [4.69, 9.17) is 14.2 Å². The van der Waals surface area contributed by atoms with E-state index < -0.39 is 0 Å². The number of unbranched alkanes of at least 4 members (excludes halogenated alkanes) is 1. The summed E-state index contributed by atoms with van der Waals surface area (Å²) in [5.41, 5.74) is 1.80. The van der Waals surface area contributed by atoms with Gasteiger partial charge in [0, 0.05) is 10.1 Å². The Balaban J connectivity index is 1.75. The third-order valence-corrected chi connectivity index (χ3v) is 4.76. The topological polar surface area (TPSA) is 56.8 Å². The van der Waals surface area contributed by atoms with E-state index in [1.807, 2.05) is 31.2 Å². The van der Waals surface area contributed by atoms with Crippen molar-refractivity contribution >= 4 is 28.5 Å². The molecule has 0 aliphatic rings. The number of hydrogen-bond donors (Lipinski definition) is 1. The van der Waals surface area contributed by atoms with Gasteiger partial charge in [-0.1, -0.05) is 17.7 Å². The van der Waals surface area contributed by atoms with Crippen molar-refractivity contribution in [3.63, 3.8) is 0 Å². The predicted molar refractivity (Wildman–Crippen MR) is 111 cm³/mol. The molecule has 1 amide bonds. The third kappa shape index (κ3) is 5.79. The Bertz CT molecular complexity index is 731. The number of halogens is 1. The first-order valence-corrected chi connectivity index (χ1v) is 9.52. The van der Waals surface area contributed by atoms with Gasteiger partial charge in [0.05, 0.1) is 26.4 Å². The molecule has 2 aromatic rings. The van der Waals surface area contributed by atoms with E-state index in [-0.39, 0.29) is 5.91 Å². The SMILES string of the molecule is COc1cc(I)c(C(=O)NCCCCOc2ccc(C)cc2)cc1OC. The largest absolute Gasteiger partial charge is 0.494 e. The van der Waals surface area contributed by atoms with Crippen LogP contribution in [0.3, 0.4) is 0 Å². The van der Waals surface area contributed by atoms with Gasteiger partial charge in [-0.15, -0.1) is 0 Å². The van der Waals surface area contributed by atoms with E-state index in [1.165, 1.54) is 5.56 Å². The second-order valence-electron chi connectivity index (χ2n) is 5.81. The minimum Gasteiger partial charge on any atom is -0.494 e. The standard InChI is InChI=1S/C20H24INO4/c1-14-6-8-15(9-7-14)26-11-5-4-10-22-20(23)16-12-18(24-2)19(25-3)13-17(16)21/h6-9,12-13H,4-5,10-11H2,1-3H3,(H,22,23). The van der Waals surface area contributed by atoms with Crippen LogP contribution in [0.1, 0.15) is 28.8 Å². The van der Waals surface area contributed by atoms with Gasteiger partial charge in [-0.2, -0.15) is 0 Å². The molecule has 1 N–H and O–H groups in total. The molecule has 140 valence electrons. The molecule has 6 heteroatoms. The summed E-state index contributed by atoms with van der Waals surface area (Å²) in [6, 6.07) is 11.5. The second-order valence-corrected chi connectivity index (χ2v) is 6.97. The van der Waals surface area contributed by atoms with Crippen LogP contribution in [-0.2, 0) is 0 Å². The second kappa shape index (κ2) is 10.3. The first-order valence-electron chi connectivity index (χ1n) is 8.44. The number of aryl methyl sites for hydroxylation is 1. The monoisotopic (exact) mass is 469 g/mol. The van der Waals surface area contributed by atoms with Gasteiger partial charge in [-0.25, -0.2) is 0 Å². The maximum absolute atomic E-state index is 12.4. The van der Waals surface area contributed by atoms with Crippen LogP contribution in [-0.4, -0.2) is 33.3 Å². The molecule has 0 unspecified atom stereocenters. The van der Waals surface area contributed by atoms with Gasteiger partial charge < -0.3 is 19.5 Å². The van der Waals surface area contributed by atoms with E-state index >= 15 is 0 Å². The summed E-state index contributed by atoms with van der Waals surface area (Å²) in [6.45, 7) is 3.28. The van der Waals surface area contributed by atoms with E-state index in [2.05, 4.69) is 27.9 Å². The average Bonchev–Trinajstić information content (AvgIpc) is 2.65. The van der Waals surface area contributed by atoms with Crippen LogP contribution in [0.15, 0.2) is 36.4 Å². The van der Waals surface area contributed by atoms with Crippen LogP contribution in [0.2, 0.25) is 0 Å². The summed E-state index contributed by atoms with van der Waals surface area (Å²) in [4.78, 5) is 12.4. The van der Waals surface area contributed by atoms with Crippen molar-refractivity contribution in [1.82, 2.24) is 5.32 Å². The third-order valence-electron chi connectivity index (χ3n) is 3.86. The zero-order valence-electron chi connectivity index (χ0n) is 15.3. The maximum Gasteiger partial charge on any atom is 0.252 e. The number of rotatable bonds is 9. The number of benzene rings is 2. The summed E-state index contributed by atoms with van der Waals surface area (Å²) in [5.74, 6) is 1.92. The normalized spacial score (nSPS) is 10.3. The summed E-state index contributed by atoms with van der Waals surface area (Å²) >= 11 is 2.12. The maximum atomic E-state index is 12.4. The van der Waals surface area contributed by atoms with Gasteiger partial charge in [0.1, 0.15) is 5.75 Å². The summed E-state index contributed by atoms with van der Waals surface area (Å²) < 4.78 is 17.0. The Morgan fingerprint density at radius 3 is 2.35 bits per heavy atom. The molecule has 0 aliphatic carbocycles. The zero-order valence-corrected chi connectivity index (χ0v) is 17.5. The Labute approximate surface area is 168 Å². The highest BCUT2D eigenvalue weighted by atomic mass is 127. The fraction of sp³-hybridized carbons (Fsp3) is 0.350. The number of carbonyl (C=O) groups is 1. The van der Waals surface area contributed by atoms with Crippen molar-refractivity contribution in [3.8, 4) is 17.2 Å². The van der Waals surface area contributed by atoms with Gasteiger partial charge in [0.2, 0.25) is 0 Å². The lowest BCUT2D eigenvalue weighted by molar-refractivity contribution is 0.0951. The van der Waals surface area contributed by atoms with Crippen LogP contribution < -0.4 is 19.5 Å². The lowest BCUT2D eigenvalue weighted by Gasteiger charge is -2.12. The van der Waals surface area contributed by atoms with Crippen LogP contribution >= 0.6 is 22.6 Å². The minimum atomic E-state index is -0.116. The van der Waals surface area contributed by atoms with E-state index in [1.54, 1.807) is 26.4 Å². The van der Waals surface area contributed by atoms with Gasteiger partial charge in [-0.05, 0) is 66.6 Å². The molecule has 2 rings (SSSR count). The molecule has 0 saturated carbocycles. The highest BCUT2D eigenvalue weighted by Gasteiger charge is 2.15. The number of hydrogen-bond acceptors (Lipinski definition) is 4. The van der Waals surface area contributed by atoms with Crippen LogP contribution in [0.25, 0.3) is 0 Å². The van der Waals surface area contributed by atoms with Gasteiger partial charge >= 0.3 is 0 Å². The molecule has 0 bridgehead atoms. The van der Waals surface area contributed by atoms with E-state index in [0.29, 0.717) is 30.2 Å². The fourth-order valence-corrected chi connectivity index (χ4v) is 3.06. The minimum absolute atomic E-state index is 0.116. The van der Waals surface area contributed by atoms with Crippen molar-refractivity contribution in [3.05, 3.63) is 51.1 Å². The predicted octanol–water partition coefficient (Wildman–Crippen LogP) is 4.21. The van der Waals surface area contributed by atoms with Crippen LogP contribution in [0, 0.1) is 10.5 Å². The lowest BCUT2D eigenvalue weighted by atomic mass is 10.2. The molecular weight excluding hydrogens is 445 g/mol. The number of ether oxygens (including phenoxy) is 3. The lowest BCUT2D eigenvalue weighted by Crippen LogP contribution is -2.25. The first kappa shape index (κ1) is 20.4. The van der Waals surface area contributed by atoms with Crippen molar-refractivity contribution < 1.29 is 19.0 Å². The summed E-state index contributed by atoms with van der Waals surface area (Å²) in [5, 5.41) is 2.94. The highest BCUT2D eigenvalue weighted by molar-refractivity contribution is 14.1. The van der Waals surface area contributed by atoms with Crippen molar-refractivity contribution in [2.75, 3.05) is 27.4 Å². The number of nitrogens with one attached hydrogen (secondary N) is 1. The molecule has 2 aromatic carbocycles. The first-order chi connectivity index (χ1) is 12.5. The Morgan fingerprint density at radius 2 is 1.69 bits per heavy atom. The smallest absolute Gasteiger partial charge is 0.252 e. The van der Waals surface area contributed by atoms with Gasteiger partial charge in [-0.3, -0.25) is 4.79 Å². The van der Waals surface area contributed by atoms with Crippen molar-refractivity contribution in [2.24, 2.45) is 0 Å². The molecule has 0 atom stereocenters. The molecule has 0 spiro atoms. The summed E-state index contributed by atoms with van der Waals surface area (Å²) in [6.07, 6.45) is 1.72. The molecule has 0 fully saturated rings. The molecule has 0 saturated heterocycles. The Hall–Kier alpha value is -1.96. The molecule has 0 radical (unpaired) electrons. The molecular formula is C20H24INO4. The van der Waals surface area contributed by atoms with E-state index in [0.717, 1.165) is 22.2 Å². The van der Waals surface area contributed by atoms with Crippen molar-refractivity contribution in [1.29, 1.82) is 0 Å². The molecule has 5 nitrogen and oxygen atoms in total. The zero-order chi connectivity index (χ0) is 18.9. The molecule has 0 heterocycles. The van der Waals surface area contributed by atoms with Gasteiger partial charge in [0.15, 0.2) is 11.5 Å². The van der Waals surface area contributed by atoms with Gasteiger partial charge in [0.25, 0.3) is 5.91 Å². The number of methoxy groups -OCH3 is 2. The Kier molecular flexibility index (Phi) is 8.03. The van der Waals surface area contributed by atoms with Crippen LogP contribution in [0.5, 0.6) is 17.2 Å². The molecule has 0 aliphatic heterocycles. The van der Waals surface area contributed by atoms with Crippen LogP contribution in [0.4, 0.5) is 0 Å². The summed E-state index contributed by atoms with van der Waals surface area (Å²) in [7, 11) is 3.13. The Morgan fingerprint density at radius 1 is 1.04 bits per heavy atom. The average molecular weight is 469 g/mol. The number of carbonyl (C=O) groups excluding carboxylic acids is 1. The number of amides is 1. The molecule has 0 aromatic heterocycles.